The van der Waals surface area contributed by atoms with Crippen molar-refractivity contribution in [2.75, 3.05) is 0 Å². The van der Waals surface area contributed by atoms with Crippen LogP contribution in [0.15, 0.2) is 23.4 Å². The zero-order valence-electron chi connectivity index (χ0n) is 12.5. The molecule has 1 atom stereocenters. The lowest BCUT2D eigenvalue weighted by Gasteiger charge is -2.23. The third-order valence-electron chi connectivity index (χ3n) is 3.96. The number of hydrogen-bond acceptors (Lipinski definition) is 6. The molecule has 1 fully saturated rings. The first kappa shape index (κ1) is 15.0. The van der Waals surface area contributed by atoms with Gasteiger partial charge in [-0.25, -0.2) is 9.67 Å². The van der Waals surface area contributed by atoms with Crippen molar-refractivity contribution in [3.63, 3.8) is 0 Å². The van der Waals surface area contributed by atoms with Gasteiger partial charge >= 0.3 is 0 Å². The van der Waals surface area contributed by atoms with Gasteiger partial charge in [0.25, 0.3) is 0 Å². The van der Waals surface area contributed by atoms with Gasteiger partial charge in [-0.15, -0.1) is 5.10 Å². The molecule has 0 amide bonds. The Kier molecular flexibility index (Phi) is 4.68. The van der Waals surface area contributed by atoms with E-state index in [1.54, 1.807) is 30.1 Å². The lowest BCUT2D eigenvalue weighted by atomic mass is 9.95. The molecule has 1 saturated carbocycles. The van der Waals surface area contributed by atoms with Crippen LogP contribution in [0, 0.1) is 11.3 Å². The molecule has 1 aliphatic carbocycles. The molecule has 0 saturated heterocycles. The van der Waals surface area contributed by atoms with Gasteiger partial charge in [0.2, 0.25) is 0 Å². The maximum Gasteiger partial charge on any atom is 0.164 e. The van der Waals surface area contributed by atoms with Crippen molar-refractivity contribution in [1.29, 1.82) is 5.26 Å². The van der Waals surface area contributed by atoms with Gasteiger partial charge < -0.3 is 0 Å². The number of hydrogen-bond donors (Lipinski definition) is 0. The number of thioether (sulfide) groups is 1. The van der Waals surface area contributed by atoms with Crippen LogP contribution < -0.4 is 0 Å². The highest BCUT2D eigenvalue weighted by Crippen LogP contribution is 2.35. The molecule has 1 aliphatic rings. The SMILES string of the molecule is C[C@@H](Sc1cc(C#N)ccn1)c1nnnn1C1CCCCC1. The van der Waals surface area contributed by atoms with Gasteiger partial charge in [-0.2, -0.15) is 5.26 Å². The first-order chi connectivity index (χ1) is 10.8. The Morgan fingerprint density at radius 2 is 2.18 bits per heavy atom. The summed E-state index contributed by atoms with van der Waals surface area (Å²) in [5.41, 5.74) is 0.622. The Balaban J connectivity index is 1.76. The summed E-state index contributed by atoms with van der Waals surface area (Å²) in [4.78, 5) is 4.31. The van der Waals surface area contributed by atoms with E-state index in [4.69, 9.17) is 5.26 Å². The van der Waals surface area contributed by atoms with E-state index >= 15 is 0 Å². The van der Waals surface area contributed by atoms with Gasteiger partial charge in [-0.3, -0.25) is 0 Å². The Labute approximate surface area is 133 Å². The summed E-state index contributed by atoms with van der Waals surface area (Å²) >= 11 is 1.58. The molecule has 22 heavy (non-hydrogen) atoms. The Morgan fingerprint density at radius 3 is 2.95 bits per heavy atom. The molecule has 0 spiro atoms. The van der Waals surface area contributed by atoms with Crippen molar-refractivity contribution in [3.05, 3.63) is 29.7 Å². The standard InChI is InChI=1S/C15H18N6S/c1-11(22-14-9-12(10-16)7-8-17-14)15-18-19-20-21(15)13-5-3-2-4-6-13/h7-9,11,13H,2-6H2,1H3/t11-/m1/s1. The van der Waals surface area contributed by atoms with Gasteiger partial charge in [0.1, 0.15) is 0 Å². The van der Waals surface area contributed by atoms with E-state index in [2.05, 4.69) is 33.5 Å². The fraction of sp³-hybridized carbons (Fsp3) is 0.533. The molecule has 0 bridgehead atoms. The summed E-state index contributed by atoms with van der Waals surface area (Å²) in [5.74, 6) is 0.890. The molecule has 2 aromatic rings. The predicted molar refractivity (Wildman–Crippen MR) is 83.2 cm³/mol. The Morgan fingerprint density at radius 1 is 1.36 bits per heavy atom. The summed E-state index contributed by atoms with van der Waals surface area (Å²) in [7, 11) is 0. The zero-order chi connectivity index (χ0) is 15.4. The molecule has 0 unspecified atom stereocenters. The smallest absolute Gasteiger partial charge is 0.164 e. The van der Waals surface area contributed by atoms with E-state index in [0.29, 0.717) is 11.6 Å². The molecule has 0 aliphatic heterocycles. The summed E-state index contributed by atoms with van der Waals surface area (Å²) in [5, 5.41) is 22.2. The summed E-state index contributed by atoms with van der Waals surface area (Å²) in [6.45, 7) is 2.08. The average molecular weight is 314 g/mol. The van der Waals surface area contributed by atoms with Crippen LogP contribution in [0.1, 0.15) is 61.7 Å². The Bertz CT molecular complexity index is 671. The molecule has 0 radical (unpaired) electrons. The molecule has 7 heteroatoms. The van der Waals surface area contributed by atoms with Crippen LogP contribution in [0.25, 0.3) is 0 Å². The van der Waals surface area contributed by atoms with E-state index in [-0.39, 0.29) is 5.25 Å². The molecule has 6 nitrogen and oxygen atoms in total. The van der Waals surface area contributed by atoms with E-state index in [9.17, 15) is 0 Å². The van der Waals surface area contributed by atoms with Crippen LogP contribution in [0.4, 0.5) is 0 Å². The van der Waals surface area contributed by atoms with E-state index in [1.807, 2.05) is 4.68 Å². The van der Waals surface area contributed by atoms with Crippen LogP contribution in [-0.2, 0) is 0 Å². The van der Waals surface area contributed by atoms with Gasteiger partial charge in [-0.1, -0.05) is 31.0 Å². The minimum Gasteiger partial charge on any atom is -0.250 e. The van der Waals surface area contributed by atoms with E-state index in [1.165, 1.54) is 19.3 Å². The summed E-state index contributed by atoms with van der Waals surface area (Å²) < 4.78 is 1.99. The van der Waals surface area contributed by atoms with Gasteiger partial charge in [0, 0.05) is 6.20 Å². The molecule has 0 aromatic carbocycles. The number of rotatable bonds is 4. The van der Waals surface area contributed by atoms with Crippen molar-refractivity contribution in [3.8, 4) is 6.07 Å². The highest BCUT2D eigenvalue weighted by Gasteiger charge is 2.23. The summed E-state index contributed by atoms with van der Waals surface area (Å²) in [6, 6.07) is 6.07. The maximum absolute atomic E-state index is 8.97. The largest absolute Gasteiger partial charge is 0.250 e. The fourth-order valence-corrected chi connectivity index (χ4v) is 3.77. The number of tetrazole rings is 1. The second-order valence-electron chi connectivity index (χ2n) is 5.53. The number of nitriles is 1. The second-order valence-corrected chi connectivity index (χ2v) is 6.89. The first-order valence-corrected chi connectivity index (χ1v) is 8.46. The first-order valence-electron chi connectivity index (χ1n) is 7.58. The topological polar surface area (TPSA) is 80.3 Å². The van der Waals surface area contributed by atoms with Crippen LogP contribution in [0.5, 0.6) is 0 Å². The average Bonchev–Trinajstić information content (AvgIpc) is 3.05. The molecule has 114 valence electrons. The third-order valence-corrected chi connectivity index (χ3v) is 4.99. The van der Waals surface area contributed by atoms with Crippen molar-refractivity contribution in [2.45, 2.75) is 55.3 Å². The van der Waals surface area contributed by atoms with Crippen LogP contribution >= 0.6 is 11.8 Å². The van der Waals surface area contributed by atoms with Crippen molar-refractivity contribution in [1.82, 2.24) is 25.2 Å². The quantitative estimate of drug-likeness (QED) is 0.805. The maximum atomic E-state index is 8.97. The zero-order valence-corrected chi connectivity index (χ0v) is 13.3. The van der Waals surface area contributed by atoms with Crippen molar-refractivity contribution >= 4 is 11.8 Å². The van der Waals surface area contributed by atoms with Crippen molar-refractivity contribution < 1.29 is 0 Å². The van der Waals surface area contributed by atoms with Gasteiger partial charge in [0.15, 0.2) is 5.82 Å². The Hall–Kier alpha value is -1.94. The third kappa shape index (κ3) is 3.28. The highest BCUT2D eigenvalue weighted by molar-refractivity contribution is 7.99. The lowest BCUT2D eigenvalue weighted by Crippen LogP contribution is -2.17. The lowest BCUT2D eigenvalue weighted by molar-refractivity contribution is 0.317. The molecular formula is C15H18N6S. The molecule has 3 rings (SSSR count). The minimum absolute atomic E-state index is 0.0957. The minimum atomic E-state index is 0.0957. The fourth-order valence-electron chi connectivity index (χ4n) is 2.83. The number of nitrogens with zero attached hydrogens (tertiary/aromatic N) is 6. The molecular weight excluding hydrogens is 296 g/mol. The number of aromatic nitrogens is 5. The molecule has 2 aromatic heterocycles. The summed E-state index contributed by atoms with van der Waals surface area (Å²) in [6.07, 6.45) is 7.77. The van der Waals surface area contributed by atoms with E-state index < -0.39 is 0 Å². The van der Waals surface area contributed by atoms with E-state index in [0.717, 1.165) is 23.7 Å². The van der Waals surface area contributed by atoms with Crippen LogP contribution in [0.2, 0.25) is 0 Å². The van der Waals surface area contributed by atoms with Crippen LogP contribution in [0.3, 0.4) is 0 Å². The monoisotopic (exact) mass is 314 g/mol. The molecule has 0 N–H and O–H groups in total. The van der Waals surface area contributed by atoms with Crippen LogP contribution in [-0.4, -0.2) is 25.2 Å². The second kappa shape index (κ2) is 6.88. The van der Waals surface area contributed by atoms with Gasteiger partial charge in [-0.05, 0) is 42.3 Å². The predicted octanol–water partition coefficient (Wildman–Crippen LogP) is 3.30. The van der Waals surface area contributed by atoms with Gasteiger partial charge in [0.05, 0.1) is 28.0 Å². The highest BCUT2D eigenvalue weighted by atomic mass is 32.2. The molecule has 2 heterocycles. The van der Waals surface area contributed by atoms with Crippen molar-refractivity contribution in [2.24, 2.45) is 0 Å². The number of pyridine rings is 1. The normalized spacial score (nSPS) is 17.1.